The topological polar surface area (TPSA) is 32.3 Å². The van der Waals surface area contributed by atoms with Gasteiger partial charge in [-0.15, -0.1) is 11.3 Å². The van der Waals surface area contributed by atoms with Gasteiger partial charge in [-0.1, -0.05) is 6.92 Å². The first-order valence-electron chi connectivity index (χ1n) is 6.16. The first-order valence-corrected chi connectivity index (χ1v) is 7.41. The average Bonchev–Trinajstić information content (AvgIpc) is 2.86. The van der Waals surface area contributed by atoms with Crippen LogP contribution < -0.4 is 4.90 Å². The van der Waals surface area contributed by atoms with Gasteiger partial charge in [-0.2, -0.15) is 4.98 Å². The molecule has 2 aromatic rings. The average molecular weight is 283 g/mol. The lowest BCUT2D eigenvalue weighted by atomic mass is 10.3. The predicted octanol–water partition coefficient (Wildman–Crippen LogP) is 2.49. The molecule has 1 saturated heterocycles. The number of fused-ring (bicyclic) bond motifs is 1. The Morgan fingerprint density at radius 2 is 2.06 bits per heavy atom. The zero-order chi connectivity index (χ0) is 12.5. The minimum Gasteiger partial charge on any atom is -0.353 e. The quantitative estimate of drug-likeness (QED) is 0.792. The molecule has 18 heavy (non-hydrogen) atoms. The van der Waals surface area contributed by atoms with Crippen molar-refractivity contribution in [2.45, 2.75) is 6.92 Å². The molecule has 0 unspecified atom stereocenters. The Morgan fingerprint density at radius 1 is 1.28 bits per heavy atom. The molecule has 6 heteroatoms. The second-order valence-corrected chi connectivity index (χ2v) is 5.61. The van der Waals surface area contributed by atoms with Crippen LogP contribution in [0.2, 0.25) is 5.28 Å². The van der Waals surface area contributed by atoms with Gasteiger partial charge in [0.2, 0.25) is 5.28 Å². The second-order valence-electron chi connectivity index (χ2n) is 4.38. The molecule has 0 amide bonds. The minimum atomic E-state index is 0.345. The van der Waals surface area contributed by atoms with Gasteiger partial charge >= 0.3 is 0 Å². The normalized spacial score (nSPS) is 17.6. The molecular weight excluding hydrogens is 268 g/mol. The van der Waals surface area contributed by atoms with Gasteiger partial charge in [0.05, 0.1) is 5.39 Å². The van der Waals surface area contributed by atoms with E-state index in [0.717, 1.165) is 48.8 Å². The number of hydrogen-bond acceptors (Lipinski definition) is 5. The maximum Gasteiger partial charge on any atom is 0.225 e. The van der Waals surface area contributed by atoms with Crippen molar-refractivity contribution in [3.63, 3.8) is 0 Å². The van der Waals surface area contributed by atoms with Crippen LogP contribution in [0.1, 0.15) is 6.92 Å². The number of hydrogen-bond donors (Lipinski definition) is 0. The van der Waals surface area contributed by atoms with Crippen LogP contribution in [0.15, 0.2) is 11.4 Å². The Morgan fingerprint density at radius 3 is 2.78 bits per heavy atom. The van der Waals surface area contributed by atoms with Crippen LogP contribution in [0.3, 0.4) is 0 Å². The molecule has 3 heterocycles. The van der Waals surface area contributed by atoms with E-state index in [1.54, 1.807) is 11.3 Å². The highest BCUT2D eigenvalue weighted by Gasteiger charge is 2.20. The maximum atomic E-state index is 6.00. The molecule has 4 nitrogen and oxygen atoms in total. The highest BCUT2D eigenvalue weighted by atomic mass is 35.5. The fourth-order valence-electron chi connectivity index (χ4n) is 2.33. The minimum absolute atomic E-state index is 0.345. The summed E-state index contributed by atoms with van der Waals surface area (Å²) in [5.74, 6) is 0.988. The molecule has 3 rings (SSSR count). The van der Waals surface area contributed by atoms with Crippen molar-refractivity contribution >= 4 is 39.0 Å². The van der Waals surface area contributed by atoms with E-state index >= 15 is 0 Å². The number of anilines is 1. The van der Waals surface area contributed by atoms with Gasteiger partial charge < -0.3 is 9.80 Å². The van der Waals surface area contributed by atoms with Crippen molar-refractivity contribution < 1.29 is 0 Å². The third kappa shape index (κ3) is 2.18. The zero-order valence-electron chi connectivity index (χ0n) is 10.3. The number of aromatic nitrogens is 2. The van der Waals surface area contributed by atoms with E-state index in [1.807, 2.05) is 5.38 Å². The fraction of sp³-hybridized carbons (Fsp3) is 0.500. The van der Waals surface area contributed by atoms with E-state index in [4.69, 9.17) is 11.6 Å². The van der Waals surface area contributed by atoms with Gasteiger partial charge in [0, 0.05) is 26.2 Å². The molecule has 1 aliphatic heterocycles. The Bertz CT molecular complexity index is 548. The summed E-state index contributed by atoms with van der Waals surface area (Å²) < 4.78 is 0. The second kappa shape index (κ2) is 4.99. The molecule has 0 N–H and O–H groups in total. The fourth-order valence-corrected chi connectivity index (χ4v) is 3.30. The molecular formula is C12H15ClN4S. The summed E-state index contributed by atoms with van der Waals surface area (Å²) in [6, 6.07) is 2.08. The van der Waals surface area contributed by atoms with Crippen molar-refractivity contribution in [2.75, 3.05) is 37.6 Å². The molecule has 2 aromatic heterocycles. The van der Waals surface area contributed by atoms with Crippen molar-refractivity contribution in [1.82, 2.24) is 14.9 Å². The van der Waals surface area contributed by atoms with Crippen molar-refractivity contribution in [1.29, 1.82) is 0 Å². The van der Waals surface area contributed by atoms with Crippen LogP contribution in [-0.4, -0.2) is 47.6 Å². The first-order chi connectivity index (χ1) is 8.78. The standard InChI is InChI=1S/C12H15ClN4S/c1-2-16-4-6-17(7-5-16)10-9-3-8-18-11(9)15-12(13)14-10/h3,8H,2,4-7H2,1H3. The SMILES string of the molecule is CCN1CCN(c2nc(Cl)nc3sccc23)CC1. The van der Waals surface area contributed by atoms with Gasteiger partial charge in [-0.3, -0.25) is 0 Å². The zero-order valence-corrected chi connectivity index (χ0v) is 11.8. The van der Waals surface area contributed by atoms with Crippen molar-refractivity contribution in [3.05, 3.63) is 16.7 Å². The highest BCUT2D eigenvalue weighted by molar-refractivity contribution is 7.16. The molecule has 0 atom stereocenters. The number of likely N-dealkylation sites (N-methyl/N-ethyl adjacent to an activating group) is 1. The van der Waals surface area contributed by atoms with Crippen LogP contribution >= 0.6 is 22.9 Å². The summed E-state index contributed by atoms with van der Waals surface area (Å²) in [4.78, 5) is 14.4. The molecule has 0 aliphatic carbocycles. The largest absolute Gasteiger partial charge is 0.353 e. The van der Waals surface area contributed by atoms with Gasteiger partial charge in [0.15, 0.2) is 0 Å². The van der Waals surface area contributed by atoms with Gasteiger partial charge in [0.25, 0.3) is 0 Å². The van der Waals surface area contributed by atoms with E-state index in [-0.39, 0.29) is 0 Å². The number of piperazine rings is 1. The lowest BCUT2D eigenvalue weighted by Gasteiger charge is -2.35. The van der Waals surface area contributed by atoms with E-state index in [1.165, 1.54) is 0 Å². The molecule has 96 valence electrons. The highest BCUT2D eigenvalue weighted by Crippen LogP contribution is 2.29. The Hall–Kier alpha value is -0.910. The maximum absolute atomic E-state index is 6.00. The van der Waals surface area contributed by atoms with Gasteiger partial charge in [-0.05, 0) is 29.6 Å². The summed E-state index contributed by atoms with van der Waals surface area (Å²) in [6.07, 6.45) is 0. The van der Waals surface area contributed by atoms with Crippen LogP contribution in [0.5, 0.6) is 0 Å². The number of thiophene rings is 1. The van der Waals surface area contributed by atoms with E-state index in [2.05, 4.69) is 32.8 Å². The number of rotatable bonds is 2. The lowest BCUT2D eigenvalue weighted by molar-refractivity contribution is 0.271. The summed E-state index contributed by atoms with van der Waals surface area (Å²) >= 11 is 7.62. The van der Waals surface area contributed by atoms with Crippen molar-refractivity contribution in [3.8, 4) is 0 Å². The summed E-state index contributed by atoms with van der Waals surface area (Å²) in [5, 5.41) is 3.51. The first kappa shape index (κ1) is 12.1. The third-order valence-corrected chi connectivity index (χ3v) is 4.37. The lowest BCUT2D eigenvalue weighted by Crippen LogP contribution is -2.46. The molecule has 1 fully saturated rings. The van der Waals surface area contributed by atoms with Crippen LogP contribution in [0.4, 0.5) is 5.82 Å². The molecule has 0 radical (unpaired) electrons. The monoisotopic (exact) mass is 282 g/mol. The molecule has 0 saturated carbocycles. The number of halogens is 1. The summed E-state index contributed by atoms with van der Waals surface area (Å²) in [6.45, 7) is 7.51. The third-order valence-electron chi connectivity index (χ3n) is 3.40. The van der Waals surface area contributed by atoms with E-state index in [9.17, 15) is 0 Å². The Kier molecular flexibility index (Phi) is 3.37. The predicted molar refractivity (Wildman–Crippen MR) is 76.8 cm³/mol. The number of nitrogens with zero attached hydrogens (tertiary/aromatic N) is 4. The smallest absolute Gasteiger partial charge is 0.225 e. The van der Waals surface area contributed by atoms with E-state index in [0.29, 0.717) is 5.28 Å². The van der Waals surface area contributed by atoms with Crippen LogP contribution in [-0.2, 0) is 0 Å². The molecule has 0 aromatic carbocycles. The summed E-state index contributed by atoms with van der Waals surface area (Å²) in [5.41, 5.74) is 0. The Labute approximate surface area is 115 Å². The summed E-state index contributed by atoms with van der Waals surface area (Å²) in [7, 11) is 0. The Balaban J connectivity index is 1.92. The molecule has 1 aliphatic rings. The van der Waals surface area contributed by atoms with Crippen LogP contribution in [0.25, 0.3) is 10.2 Å². The van der Waals surface area contributed by atoms with Crippen LogP contribution in [0, 0.1) is 0 Å². The molecule has 0 bridgehead atoms. The van der Waals surface area contributed by atoms with Gasteiger partial charge in [-0.25, -0.2) is 4.98 Å². The molecule has 0 spiro atoms. The van der Waals surface area contributed by atoms with Crippen molar-refractivity contribution in [2.24, 2.45) is 0 Å². The van der Waals surface area contributed by atoms with E-state index < -0.39 is 0 Å². The van der Waals surface area contributed by atoms with Gasteiger partial charge in [0.1, 0.15) is 10.6 Å².